The maximum atomic E-state index is 11.2. The van der Waals surface area contributed by atoms with Crippen LogP contribution in [0.5, 0.6) is 0 Å². The molecule has 4 nitrogen and oxygen atoms in total. The topological polar surface area (TPSA) is 38.8 Å². The first-order valence-electron chi connectivity index (χ1n) is 6.33. The predicted molar refractivity (Wildman–Crippen MR) is 69.2 cm³/mol. The van der Waals surface area contributed by atoms with Crippen LogP contribution in [0.2, 0.25) is 0 Å². The van der Waals surface area contributed by atoms with Crippen molar-refractivity contribution in [3.63, 3.8) is 0 Å². The van der Waals surface area contributed by atoms with Crippen LogP contribution in [0.1, 0.15) is 27.7 Å². The fourth-order valence-corrected chi connectivity index (χ4v) is 1.03. The molecule has 0 N–H and O–H groups in total. The molecular weight excluding hydrogens is 218 g/mol. The van der Waals surface area contributed by atoms with Crippen molar-refractivity contribution in [1.82, 2.24) is 4.90 Å². The lowest BCUT2D eigenvalue weighted by atomic mass is 10.1. The third-order valence-corrected chi connectivity index (χ3v) is 2.73. The second kappa shape index (κ2) is 9.57. The van der Waals surface area contributed by atoms with Gasteiger partial charge in [-0.2, -0.15) is 0 Å². The van der Waals surface area contributed by atoms with Gasteiger partial charge in [0, 0.05) is 18.5 Å². The smallest absolute Gasteiger partial charge is 0.160 e. The van der Waals surface area contributed by atoms with Crippen LogP contribution in [-0.2, 0) is 14.3 Å². The van der Waals surface area contributed by atoms with E-state index >= 15 is 0 Å². The van der Waals surface area contributed by atoms with Gasteiger partial charge in [-0.25, -0.2) is 0 Å². The number of rotatable bonds is 10. The molecule has 0 unspecified atom stereocenters. The minimum atomic E-state index is 0.0515. The summed E-state index contributed by atoms with van der Waals surface area (Å²) >= 11 is 0. The van der Waals surface area contributed by atoms with Crippen LogP contribution >= 0.6 is 0 Å². The van der Waals surface area contributed by atoms with E-state index in [1.165, 1.54) is 0 Å². The van der Waals surface area contributed by atoms with Gasteiger partial charge in [0.05, 0.1) is 19.8 Å². The van der Waals surface area contributed by atoms with E-state index in [1.54, 1.807) is 0 Å². The van der Waals surface area contributed by atoms with Crippen molar-refractivity contribution in [2.24, 2.45) is 5.92 Å². The van der Waals surface area contributed by atoms with Gasteiger partial charge in [0.25, 0.3) is 0 Å². The minimum absolute atomic E-state index is 0.0515. The molecule has 0 fully saturated rings. The fraction of sp³-hybridized carbons (Fsp3) is 0.923. The number of carbonyl (C=O) groups is 1. The third-order valence-electron chi connectivity index (χ3n) is 2.73. The molecule has 0 aromatic heterocycles. The SMILES string of the molecule is CC(C)C(=O)COCCOCCN(C)C(C)C. The summed E-state index contributed by atoms with van der Waals surface area (Å²) in [6.07, 6.45) is 0. The number of ketones is 1. The Morgan fingerprint density at radius 2 is 1.65 bits per heavy atom. The average molecular weight is 245 g/mol. The van der Waals surface area contributed by atoms with Crippen LogP contribution < -0.4 is 0 Å². The number of ether oxygens (including phenoxy) is 2. The molecule has 0 saturated carbocycles. The standard InChI is InChI=1S/C13H27NO3/c1-11(2)13(15)10-17-9-8-16-7-6-14(5)12(3)4/h11-12H,6-10H2,1-5H3. The van der Waals surface area contributed by atoms with Gasteiger partial charge in [-0.15, -0.1) is 0 Å². The molecule has 0 amide bonds. The second-order valence-electron chi connectivity index (χ2n) is 4.86. The zero-order chi connectivity index (χ0) is 13.3. The number of hydrogen-bond acceptors (Lipinski definition) is 4. The molecule has 0 aliphatic carbocycles. The molecule has 0 heterocycles. The molecule has 0 aliphatic rings. The molecule has 17 heavy (non-hydrogen) atoms. The summed E-state index contributed by atoms with van der Waals surface area (Å²) in [6.45, 7) is 10.9. The second-order valence-corrected chi connectivity index (χ2v) is 4.86. The van der Waals surface area contributed by atoms with Crippen LogP contribution in [-0.4, -0.2) is 56.7 Å². The van der Waals surface area contributed by atoms with Crippen molar-refractivity contribution in [3.05, 3.63) is 0 Å². The molecule has 0 spiro atoms. The summed E-state index contributed by atoms with van der Waals surface area (Å²) in [4.78, 5) is 13.4. The van der Waals surface area contributed by atoms with Crippen molar-refractivity contribution in [3.8, 4) is 0 Å². The Morgan fingerprint density at radius 3 is 2.18 bits per heavy atom. The van der Waals surface area contributed by atoms with Crippen LogP contribution in [0.25, 0.3) is 0 Å². The summed E-state index contributed by atoms with van der Waals surface area (Å²) in [6, 6.07) is 0.540. The van der Waals surface area contributed by atoms with E-state index in [1.807, 2.05) is 13.8 Å². The van der Waals surface area contributed by atoms with E-state index in [4.69, 9.17) is 9.47 Å². The highest BCUT2D eigenvalue weighted by molar-refractivity contribution is 5.81. The van der Waals surface area contributed by atoms with Crippen LogP contribution in [0.3, 0.4) is 0 Å². The Morgan fingerprint density at radius 1 is 1.06 bits per heavy atom. The van der Waals surface area contributed by atoms with E-state index < -0.39 is 0 Å². The van der Waals surface area contributed by atoms with Crippen molar-refractivity contribution in [2.45, 2.75) is 33.7 Å². The third kappa shape index (κ3) is 9.27. The molecule has 0 atom stereocenters. The number of nitrogens with zero attached hydrogens (tertiary/aromatic N) is 1. The Hall–Kier alpha value is -0.450. The van der Waals surface area contributed by atoms with Crippen molar-refractivity contribution >= 4 is 5.78 Å². The van der Waals surface area contributed by atoms with Gasteiger partial charge >= 0.3 is 0 Å². The fourth-order valence-electron chi connectivity index (χ4n) is 1.03. The van der Waals surface area contributed by atoms with Gasteiger partial charge in [-0.05, 0) is 20.9 Å². The maximum Gasteiger partial charge on any atom is 0.160 e. The average Bonchev–Trinajstić information content (AvgIpc) is 2.26. The lowest BCUT2D eigenvalue weighted by Crippen LogP contribution is -2.30. The maximum absolute atomic E-state index is 11.2. The molecular formula is C13H27NO3. The molecule has 0 aromatic rings. The summed E-state index contributed by atoms with van der Waals surface area (Å²) in [5.74, 6) is 0.195. The number of carbonyl (C=O) groups excluding carboxylic acids is 1. The van der Waals surface area contributed by atoms with Gasteiger partial charge < -0.3 is 14.4 Å². The highest BCUT2D eigenvalue weighted by Crippen LogP contribution is 1.95. The minimum Gasteiger partial charge on any atom is -0.378 e. The molecule has 0 rings (SSSR count). The van der Waals surface area contributed by atoms with E-state index in [0.717, 1.165) is 6.54 Å². The lowest BCUT2D eigenvalue weighted by molar-refractivity contribution is -0.127. The number of hydrogen-bond donors (Lipinski definition) is 0. The van der Waals surface area contributed by atoms with Gasteiger partial charge in [0.15, 0.2) is 5.78 Å². The molecule has 102 valence electrons. The Bertz CT molecular complexity index is 205. The summed E-state index contributed by atoms with van der Waals surface area (Å²) in [5, 5.41) is 0. The molecule has 0 saturated heterocycles. The van der Waals surface area contributed by atoms with Gasteiger partial charge in [0.1, 0.15) is 6.61 Å². The van der Waals surface area contributed by atoms with E-state index in [0.29, 0.717) is 25.9 Å². The summed E-state index contributed by atoms with van der Waals surface area (Å²) < 4.78 is 10.6. The van der Waals surface area contributed by atoms with Crippen molar-refractivity contribution < 1.29 is 14.3 Å². The normalized spacial score (nSPS) is 11.8. The number of Topliss-reactive ketones (excluding diaryl/α,β-unsaturated/α-hetero) is 1. The molecule has 0 bridgehead atoms. The van der Waals surface area contributed by atoms with Crippen molar-refractivity contribution in [1.29, 1.82) is 0 Å². The lowest BCUT2D eigenvalue weighted by Gasteiger charge is -2.20. The largest absolute Gasteiger partial charge is 0.378 e. The first-order valence-corrected chi connectivity index (χ1v) is 6.33. The predicted octanol–water partition coefficient (Wildman–Crippen LogP) is 1.58. The zero-order valence-corrected chi connectivity index (χ0v) is 11.9. The van der Waals surface area contributed by atoms with Gasteiger partial charge in [0.2, 0.25) is 0 Å². The van der Waals surface area contributed by atoms with Gasteiger partial charge in [-0.3, -0.25) is 4.79 Å². The molecule has 0 aliphatic heterocycles. The quantitative estimate of drug-likeness (QED) is 0.548. The Kier molecular flexibility index (Phi) is 9.31. The monoisotopic (exact) mass is 245 g/mol. The van der Waals surface area contributed by atoms with Crippen LogP contribution in [0, 0.1) is 5.92 Å². The van der Waals surface area contributed by atoms with E-state index in [2.05, 4.69) is 25.8 Å². The van der Waals surface area contributed by atoms with Crippen LogP contribution in [0.15, 0.2) is 0 Å². The van der Waals surface area contributed by atoms with Crippen LogP contribution in [0.4, 0.5) is 0 Å². The summed E-state index contributed by atoms with van der Waals surface area (Å²) in [7, 11) is 2.08. The Balaban J connectivity index is 3.27. The first-order chi connectivity index (χ1) is 7.95. The molecule has 4 heteroatoms. The highest BCUT2D eigenvalue weighted by Gasteiger charge is 2.06. The van der Waals surface area contributed by atoms with Crippen molar-refractivity contribution in [2.75, 3.05) is 40.0 Å². The first kappa shape index (κ1) is 16.6. The van der Waals surface area contributed by atoms with E-state index in [-0.39, 0.29) is 18.3 Å². The summed E-state index contributed by atoms with van der Waals surface area (Å²) in [5.41, 5.74) is 0. The Labute approximate surface area is 105 Å². The molecule has 0 radical (unpaired) electrons. The highest BCUT2D eigenvalue weighted by atomic mass is 16.5. The van der Waals surface area contributed by atoms with E-state index in [9.17, 15) is 4.79 Å². The zero-order valence-electron chi connectivity index (χ0n) is 11.9. The van der Waals surface area contributed by atoms with Gasteiger partial charge in [-0.1, -0.05) is 13.8 Å². The molecule has 0 aromatic carbocycles. The number of likely N-dealkylation sites (N-methyl/N-ethyl adjacent to an activating group) is 1.